The third-order valence-electron chi connectivity index (χ3n) is 5.11. The maximum Gasteiger partial charge on any atom is 0.294 e. The molecular formula is C24H27N5O4. The lowest BCUT2D eigenvalue weighted by Gasteiger charge is -2.23. The van der Waals surface area contributed by atoms with Crippen molar-refractivity contribution in [1.29, 1.82) is 0 Å². The number of ether oxygens (including phenoxy) is 1. The molecule has 0 fully saturated rings. The molecule has 0 atom stereocenters. The van der Waals surface area contributed by atoms with Gasteiger partial charge in [-0.1, -0.05) is 30.3 Å². The van der Waals surface area contributed by atoms with Gasteiger partial charge in [0.1, 0.15) is 17.3 Å². The molecule has 0 spiro atoms. The number of nitro groups is 1. The van der Waals surface area contributed by atoms with E-state index < -0.39 is 4.92 Å². The second kappa shape index (κ2) is 10.6. The molecule has 2 aromatic carbocycles. The van der Waals surface area contributed by atoms with Crippen molar-refractivity contribution in [2.45, 2.75) is 0 Å². The summed E-state index contributed by atoms with van der Waals surface area (Å²) in [5, 5.41) is 14.9. The predicted molar refractivity (Wildman–Crippen MR) is 129 cm³/mol. The van der Waals surface area contributed by atoms with Crippen LogP contribution in [0.4, 0.5) is 22.9 Å². The van der Waals surface area contributed by atoms with Gasteiger partial charge in [0.05, 0.1) is 17.7 Å². The Bertz CT molecular complexity index is 1130. The standard InChI is InChI=1S/C24H27N5O4/c1-27(2)12-13-28(3)20-16-22(33-4)19(15-21(20)29(31)32)26-23-14-18(10-11-25-23)24(30)17-8-6-5-7-9-17/h5-11,14-16H,12-13H2,1-4H3,(H,25,26). The molecule has 0 saturated carbocycles. The van der Waals surface area contributed by atoms with E-state index >= 15 is 0 Å². The molecule has 0 amide bonds. The SMILES string of the molecule is COc1cc(N(C)CCN(C)C)c([N+](=O)[O-])cc1Nc1cc(C(=O)c2ccccc2)ccn1. The van der Waals surface area contributed by atoms with Gasteiger partial charge in [-0.15, -0.1) is 0 Å². The fourth-order valence-corrected chi connectivity index (χ4v) is 3.28. The number of ketones is 1. The summed E-state index contributed by atoms with van der Waals surface area (Å²) in [5.74, 6) is 0.656. The van der Waals surface area contributed by atoms with E-state index in [0.717, 1.165) is 6.54 Å². The van der Waals surface area contributed by atoms with Crippen LogP contribution in [0.1, 0.15) is 15.9 Å². The Morgan fingerprint density at radius 1 is 1.06 bits per heavy atom. The minimum atomic E-state index is -0.422. The third kappa shape index (κ3) is 5.83. The quantitative estimate of drug-likeness (QED) is 0.282. The van der Waals surface area contributed by atoms with Gasteiger partial charge in [0.25, 0.3) is 5.69 Å². The Morgan fingerprint density at radius 3 is 2.42 bits per heavy atom. The van der Waals surface area contributed by atoms with Crippen LogP contribution in [-0.2, 0) is 0 Å². The molecule has 0 radical (unpaired) electrons. The molecular weight excluding hydrogens is 422 g/mol. The molecule has 1 N–H and O–H groups in total. The monoisotopic (exact) mass is 449 g/mol. The molecule has 1 heterocycles. The molecule has 0 aliphatic carbocycles. The van der Waals surface area contributed by atoms with Crippen molar-refractivity contribution in [3.8, 4) is 5.75 Å². The van der Waals surface area contributed by atoms with Gasteiger partial charge in [0.15, 0.2) is 5.78 Å². The summed E-state index contributed by atoms with van der Waals surface area (Å²) in [4.78, 5) is 32.2. The average Bonchev–Trinajstić information content (AvgIpc) is 2.82. The molecule has 0 aliphatic heterocycles. The van der Waals surface area contributed by atoms with Crippen LogP contribution in [0, 0.1) is 10.1 Å². The van der Waals surface area contributed by atoms with E-state index in [1.165, 1.54) is 19.4 Å². The number of nitrogens with one attached hydrogen (secondary N) is 1. The largest absolute Gasteiger partial charge is 0.494 e. The van der Waals surface area contributed by atoms with Gasteiger partial charge in [0, 0.05) is 49.6 Å². The number of nitro benzene ring substituents is 1. The summed E-state index contributed by atoms with van der Waals surface area (Å²) in [6.45, 7) is 1.34. The smallest absolute Gasteiger partial charge is 0.294 e. The third-order valence-corrected chi connectivity index (χ3v) is 5.11. The molecule has 3 rings (SSSR count). The number of pyridine rings is 1. The summed E-state index contributed by atoms with van der Waals surface area (Å²) in [6, 6.07) is 15.2. The zero-order valence-corrected chi connectivity index (χ0v) is 19.1. The number of likely N-dealkylation sites (N-methyl/N-ethyl adjacent to an activating group) is 2. The van der Waals surface area contributed by atoms with Crippen molar-refractivity contribution in [2.24, 2.45) is 0 Å². The van der Waals surface area contributed by atoms with Crippen LogP contribution in [0.5, 0.6) is 5.75 Å². The van der Waals surface area contributed by atoms with Crippen molar-refractivity contribution in [3.05, 3.63) is 82.0 Å². The highest BCUT2D eigenvalue weighted by atomic mass is 16.6. The normalized spacial score (nSPS) is 10.7. The summed E-state index contributed by atoms with van der Waals surface area (Å²) < 4.78 is 5.50. The molecule has 9 heteroatoms. The number of carbonyl (C=O) groups excluding carboxylic acids is 1. The summed E-state index contributed by atoms with van der Waals surface area (Å²) in [6.07, 6.45) is 1.52. The van der Waals surface area contributed by atoms with Gasteiger partial charge in [0.2, 0.25) is 0 Å². The van der Waals surface area contributed by atoms with Crippen molar-refractivity contribution in [3.63, 3.8) is 0 Å². The summed E-state index contributed by atoms with van der Waals surface area (Å²) in [7, 11) is 7.19. The number of hydrogen-bond donors (Lipinski definition) is 1. The van der Waals surface area contributed by atoms with Crippen molar-refractivity contribution >= 4 is 28.7 Å². The first-order chi connectivity index (χ1) is 15.8. The fourth-order valence-electron chi connectivity index (χ4n) is 3.28. The lowest BCUT2D eigenvalue weighted by atomic mass is 10.0. The Hall–Kier alpha value is -3.98. The number of aromatic nitrogens is 1. The van der Waals surface area contributed by atoms with E-state index in [4.69, 9.17) is 4.74 Å². The van der Waals surface area contributed by atoms with Crippen LogP contribution in [0.15, 0.2) is 60.8 Å². The van der Waals surface area contributed by atoms with Gasteiger partial charge in [-0.05, 0) is 26.2 Å². The maximum absolute atomic E-state index is 12.8. The lowest BCUT2D eigenvalue weighted by molar-refractivity contribution is -0.384. The highest BCUT2D eigenvalue weighted by Crippen LogP contribution is 2.39. The van der Waals surface area contributed by atoms with E-state index in [2.05, 4.69) is 10.3 Å². The molecule has 0 saturated heterocycles. The highest BCUT2D eigenvalue weighted by molar-refractivity contribution is 6.09. The number of hydrogen-bond acceptors (Lipinski definition) is 8. The molecule has 1 aromatic heterocycles. The number of benzene rings is 2. The zero-order chi connectivity index (χ0) is 24.0. The topological polar surface area (TPSA) is 101 Å². The van der Waals surface area contributed by atoms with Crippen LogP contribution in [-0.4, -0.2) is 61.9 Å². The molecule has 0 aliphatic rings. The van der Waals surface area contributed by atoms with Crippen LogP contribution in [0.2, 0.25) is 0 Å². The Balaban J connectivity index is 1.93. The molecule has 33 heavy (non-hydrogen) atoms. The van der Waals surface area contributed by atoms with Crippen LogP contribution >= 0.6 is 0 Å². The fraction of sp³-hybridized carbons (Fsp3) is 0.250. The Morgan fingerprint density at radius 2 is 1.79 bits per heavy atom. The highest BCUT2D eigenvalue weighted by Gasteiger charge is 2.22. The second-order valence-corrected chi connectivity index (χ2v) is 7.77. The number of anilines is 3. The average molecular weight is 450 g/mol. The van der Waals surface area contributed by atoms with Gasteiger partial charge < -0.3 is 19.9 Å². The van der Waals surface area contributed by atoms with Gasteiger partial charge in [-0.25, -0.2) is 4.98 Å². The molecule has 3 aromatic rings. The summed E-state index contributed by atoms with van der Waals surface area (Å²) in [5.41, 5.74) is 1.78. The minimum Gasteiger partial charge on any atom is -0.494 e. The maximum atomic E-state index is 12.8. The molecule has 172 valence electrons. The van der Waals surface area contributed by atoms with E-state index in [1.807, 2.05) is 30.0 Å². The van der Waals surface area contributed by atoms with Crippen LogP contribution < -0.4 is 15.0 Å². The molecule has 9 nitrogen and oxygen atoms in total. The Labute approximate surface area is 192 Å². The van der Waals surface area contributed by atoms with Gasteiger partial charge >= 0.3 is 0 Å². The summed E-state index contributed by atoms with van der Waals surface area (Å²) >= 11 is 0. The number of carbonyl (C=O) groups is 1. The van der Waals surface area contributed by atoms with Crippen molar-refractivity contribution in [1.82, 2.24) is 9.88 Å². The van der Waals surface area contributed by atoms with E-state index in [-0.39, 0.29) is 11.5 Å². The number of nitrogens with zero attached hydrogens (tertiary/aromatic N) is 4. The van der Waals surface area contributed by atoms with E-state index in [9.17, 15) is 14.9 Å². The second-order valence-electron chi connectivity index (χ2n) is 7.77. The lowest BCUT2D eigenvalue weighted by Crippen LogP contribution is -2.28. The van der Waals surface area contributed by atoms with Gasteiger partial charge in [-0.2, -0.15) is 0 Å². The first-order valence-corrected chi connectivity index (χ1v) is 10.3. The van der Waals surface area contributed by atoms with Gasteiger partial charge in [-0.3, -0.25) is 14.9 Å². The first kappa shape index (κ1) is 23.7. The minimum absolute atomic E-state index is 0.0592. The molecule has 0 bridgehead atoms. The first-order valence-electron chi connectivity index (χ1n) is 10.3. The molecule has 0 unspecified atom stereocenters. The van der Waals surface area contributed by atoms with Crippen molar-refractivity contribution in [2.75, 3.05) is 51.6 Å². The Kier molecular flexibility index (Phi) is 7.57. The predicted octanol–water partition coefficient (Wildman–Crippen LogP) is 3.97. The number of methoxy groups -OCH3 is 1. The van der Waals surface area contributed by atoms with Crippen LogP contribution in [0.3, 0.4) is 0 Å². The van der Waals surface area contributed by atoms with Crippen molar-refractivity contribution < 1.29 is 14.5 Å². The number of rotatable bonds is 10. The van der Waals surface area contributed by atoms with Crippen LogP contribution in [0.25, 0.3) is 0 Å². The van der Waals surface area contributed by atoms with E-state index in [1.54, 1.807) is 49.5 Å². The van der Waals surface area contributed by atoms with E-state index in [0.29, 0.717) is 40.6 Å². The zero-order valence-electron chi connectivity index (χ0n) is 19.1.